The highest BCUT2D eigenvalue weighted by atomic mass is 14.3. The summed E-state index contributed by atoms with van der Waals surface area (Å²) in [6.07, 6.45) is 10.4. The lowest BCUT2D eigenvalue weighted by Gasteiger charge is -2.33. The molecule has 0 N–H and O–H groups in total. The van der Waals surface area contributed by atoms with E-state index in [-0.39, 0.29) is 0 Å². The zero-order chi connectivity index (χ0) is 9.38. The molecule has 0 radical (unpaired) electrons. The minimum absolute atomic E-state index is 0.824. The molecule has 0 heteroatoms. The predicted octanol–water partition coefficient (Wildman–Crippen LogP) is 3.99. The van der Waals surface area contributed by atoms with E-state index in [1.165, 1.54) is 31.2 Å². The zero-order valence-corrected chi connectivity index (χ0v) is 8.45. The van der Waals surface area contributed by atoms with E-state index in [0.717, 1.165) is 11.8 Å². The summed E-state index contributed by atoms with van der Waals surface area (Å²) in [4.78, 5) is 0. The van der Waals surface area contributed by atoms with Crippen LogP contribution in [0.25, 0.3) is 6.08 Å². The van der Waals surface area contributed by atoms with Gasteiger partial charge in [-0.1, -0.05) is 49.3 Å². The Morgan fingerprint density at radius 2 is 1.86 bits per heavy atom. The van der Waals surface area contributed by atoms with E-state index in [1.807, 2.05) is 0 Å². The third-order valence-electron chi connectivity index (χ3n) is 3.74. The van der Waals surface area contributed by atoms with Crippen molar-refractivity contribution in [1.82, 2.24) is 0 Å². The molecule has 3 rings (SSSR count). The average molecular weight is 184 g/mol. The van der Waals surface area contributed by atoms with Crippen LogP contribution >= 0.6 is 0 Å². The Kier molecular flexibility index (Phi) is 1.93. The number of hydrogen-bond acceptors (Lipinski definition) is 0. The lowest BCUT2D eigenvalue weighted by atomic mass is 9.71. The number of benzene rings is 1. The molecule has 0 aromatic heterocycles. The van der Waals surface area contributed by atoms with Gasteiger partial charge in [-0.15, -0.1) is 0 Å². The Morgan fingerprint density at radius 1 is 1.00 bits per heavy atom. The van der Waals surface area contributed by atoms with Crippen LogP contribution in [-0.4, -0.2) is 0 Å². The van der Waals surface area contributed by atoms with Crippen LogP contribution in [0.4, 0.5) is 0 Å². The maximum Gasteiger partial charge on any atom is -0.00930 e. The van der Waals surface area contributed by atoms with Crippen molar-refractivity contribution in [3.63, 3.8) is 0 Å². The molecule has 2 aliphatic carbocycles. The van der Waals surface area contributed by atoms with E-state index in [1.54, 1.807) is 5.56 Å². The second-order valence-corrected chi connectivity index (χ2v) is 4.54. The number of fused-ring (bicyclic) bond motifs is 3. The summed E-state index contributed by atoms with van der Waals surface area (Å²) >= 11 is 0. The second-order valence-electron chi connectivity index (χ2n) is 4.54. The van der Waals surface area contributed by atoms with E-state index in [4.69, 9.17) is 0 Å². The Hall–Kier alpha value is -1.04. The molecule has 0 saturated heterocycles. The van der Waals surface area contributed by atoms with Crippen molar-refractivity contribution in [3.05, 3.63) is 41.5 Å². The molecule has 0 spiro atoms. The molecule has 0 amide bonds. The van der Waals surface area contributed by atoms with E-state index in [9.17, 15) is 0 Å². The number of rotatable bonds is 0. The molecule has 1 aromatic carbocycles. The smallest absolute Gasteiger partial charge is 0.00930 e. The van der Waals surface area contributed by atoms with Gasteiger partial charge in [0, 0.05) is 0 Å². The Labute approximate surface area is 85.6 Å². The van der Waals surface area contributed by atoms with E-state index in [0.29, 0.717) is 0 Å². The summed E-state index contributed by atoms with van der Waals surface area (Å²) < 4.78 is 0. The van der Waals surface area contributed by atoms with Crippen molar-refractivity contribution in [1.29, 1.82) is 0 Å². The van der Waals surface area contributed by atoms with Gasteiger partial charge in [0.15, 0.2) is 0 Å². The first-order valence-electron chi connectivity index (χ1n) is 5.72. The summed E-state index contributed by atoms with van der Waals surface area (Å²) in [6, 6.07) is 8.90. The SMILES string of the molecule is C1=C[C@H]2CCCC[C@@H]2c2ccccc21. The largest absolute Gasteiger partial charge is 0.0802 e. The molecule has 0 aliphatic heterocycles. The molecule has 1 fully saturated rings. The third-order valence-corrected chi connectivity index (χ3v) is 3.74. The minimum Gasteiger partial charge on any atom is -0.0802 e. The fourth-order valence-electron chi connectivity index (χ4n) is 3.00. The molecule has 72 valence electrons. The fourth-order valence-corrected chi connectivity index (χ4v) is 3.00. The predicted molar refractivity (Wildman–Crippen MR) is 60.2 cm³/mol. The molecule has 0 heterocycles. The molecule has 2 atom stereocenters. The van der Waals surface area contributed by atoms with Crippen LogP contribution < -0.4 is 0 Å². The lowest BCUT2D eigenvalue weighted by molar-refractivity contribution is 0.360. The quantitative estimate of drug-likeness (QED) is 0.572. The van der Waals surface area contributed by atoms with Gasteiger partial charge in [0.25, 0.3) is 0 Å². The first-order valence-corrected chi connectivity index (χ1v) is 5.72. The van der Waals surface area contributed by atoms with Crippen LogP contribution in [-0.2, 0) is 0 Å². The monoisotopic (exact) mass is 184 g/mol. The van der Waals surface area contributed by atoms with Gasteiger partial charge in [0.1, 0.15) is 0 Å². The van der Waals surface area contributed by atoms with Gasteiger partial charge in [0.2, 0.25) is 0 Å². The lowest BCUT2D eigenvalue weighted by Crippen LogP contribution is -2.19. The molecular weight excluding hydrogens is 168 g/mol. The normalized spacial score (nSPS) is 29.4. The van der Waals surface area contributed by atoms with Gasteiger partial charge in [0.05, 0.1) is 0 Å². The Morgan fingerprint density at radius 3 is 2.86 bits per heavy atom. The maximum atomic E-state index is 2.44. The average Bonchev–Trinajstić information content (AvgIpc) is 2.29. The van der Waals surface area contributed by atoms with Gasteiger partial charge < -0.3 is 0 Å². The Balaban J connectivity index is 2.05. The fraction of sp³-hybridized carbons (Fsp3) is 0.429. The van der Waals surface area contributed by atoms with E-state index >= 15 is 0 Å². The number of allylic oxidation sites excluding steroid dienone is 1. The highest BCUT2D eigenvalue weighted by molar-refractivity contribution is 5.58. The molecule has 0 nitrogen and oxygen atoms in total. The van der Waals surface area contributed by atoms with Crippen molar-refractivity contribution in [2.75, 3.05) is 0 Å². The molecule has 1 saturated carbocycles. The van der Waals surface area contributed by atoms with Gasteiger partial charge in [-0.05, 0) is 35.8 Å². The molecule has 14 heavy (non-hydrogen) atoms. The van der Waals surface area contributed by atoms with Gasteiger partial charge in [-0.25, -0.2) is 0 Å². The summed E-state index contributed by atoms with van der Waals surface area (Å²) in [6.45, 7) is 0. The van der Waals surface area contributed by atoms with E-state index < -0.39 is 0 Å². The van der Waals surface area contributed by atoms with Crippen LogP contribution in [0.3, 0.4) is 0 Å². The molecule has 2 aliphatic rings. The molecule has 0 unspecified atom stereocenters. The van der Waals surface area contributed by atoms with Crippen molar-refractivity contribution in [2.45, 2.75) is 31.6 Å². The van der Waals surface area contributed by atoms with Gasteiger partial charge in [-0.3, -0.25) is 0 Å². The second kappa shape index (κ2) is 3.27. The van der Waals surface area contributed by atoms with Crippen LogP contribution in [0.15, 0.2) is 30.3 Å². The molecule has 1 aromatic rings. The third kappa shape index (κ3) is 1.21. The first-order chi connectivity index (χ1) is 6.95. The zero-order valence-electron chi connectivity index (χ0n) is 8.45. The van der Waals surface area contributed by atoms with Crippen molar-refractivity contribution >= 4 is 6.08 Å². The topological polar surface area (TPSA) is 0 Å². The van der Waals surface area contributed by atoms with Crippen molar-refractivity contribution < 1.29 is 0 Å². The standard InChI is InChI=1S/C14H16/c1-3-7-13-11(5-1)9-10-12-6-2-4-8-14(12)13/h1,3,5,7,9-10,12,14H,2,4,6,8H2/t12-,14+/m1/s1. The summed E-state index contributed by atoms with van der Waals surface area (Å²) in [7, 11) is 0. The minimum atomic E-state index is 0.824. The number of hydrogen-bond donors (Lipinski definition) is 0. The molecular formula is C14H16. The highest BCUT2D eigenvalue weighted by Crippen LogP contribution is 2.42. The van der Waals surface area contributed by atoms with Gasteiger partial charge in [-0.2, -0.15) is 0 Å². The van der Waals surface area contributed by atoms with Crippen molar-refractivity contribution in [3.8, 4) is 0 Å². The maximum absolute atomic E-state index is 2.44. The summed E-state index contributed by atoms with van der Waals surface area (Å²) in [5, 5.41) is 0. The summed E-state index contributed by atoms with van der Waals surface area (Å²) in [5.74, 6) is 1.66. The van der Waals surface area contributed by atoms with Crippen LogP contribution in [0.5, 0.6) is 0 Å². The van der Waals surface area contributed by atoms with Crippen molar-refractivity contribution in [2.24, 2.45) is 5.92 Å². The van der Waals surface area contributed by atoms with Crippen LogP contribution in [0.1, 0.15) is 42.7 Å². The van der Waals surface area contributed by atoms with E-state index in [2.05, 4.69) is 36.4 Å². The van der Waals surface area contributed by atoms with Crippen LogP contribution in [0.2, 0.25) is 0 Å². The Bertz CT molecular complexity index is 362. The molecule has 0 bridgehead atoms. The first kappa shape index (κ1) is 8.28. The van der Waals surface area contributed by atoms with Crippen LogP contribution in [0, 0.1) is 5.92 Å². The summed E-state index contributed by atoms with van der Waals surface area (Å²) in [5.41, 5.74) is 3.05. The highest BCUT2D eigenvalue weighted by Gasteiger charge is 2.27. The van der Waals surface area contributed by atoms with Gasteiger partial charge >= 0.3 is 0 Å².